The van der Waals surface area contributed by atoms with Gasteiger partial charge in [-0.25, -0.2) is 0 Å². The number of rotatable bonds is 76. The molecule has 0 radical (unpaired) electrons. The number of amides is 1. The van der Waals surface area contributed by atoms with Crippen LogP contribution in [0.25, 0.3) is 0 Å². The molecule has 2 atom stereocenters. The van der Waals surface area contributed by atoms with Gasteiger partial charge in [0.05, 0.1) is 25.4 Å². The molecule has 89 heavy (non-hydrogen) atoms. The molecule has 0 aromatic rings. The minimum Gasteiger partial charge on any atom is -0.466 e. The molecule has 0 fully saturated rings. The van der Waals surface area contributed by atoms with Gasteiger partial charge in [0.25, 0.3) is 0 Å². The fraction of sp³-hybridized carbons (Fsp3) is 0.880. The van der Waals surface area contributed by atoms with Gasteiger partial charge in [0.1, 0.15) is 0 Å². The Balaban J connectivity index is 3.40. The van der Waals surface area contributed by atoms with Crippen molar-refractivity contribution in [3.8, 4) is 0 Å². The van der Waals surface area contributed by atoms with Crippen LogP contribution in [0.1, 0.15) is 444 Å². The lowest BCUT2D eigenvalue weighted by Gasteiger charge is -2.20. The molecule has 0 saturated heterocycles. The summed E-state index contributed by atoms with van der Waals surface area (Å²) >= 11 is 0. The summed E-state index contributed by atoms with van der Waals surface area (Å²) in [5.74, 6) is -0.0530. The Morgan fingerprint density at radius 1 is 0.315 bits per heavy atom. The molecule has 524 valence electrons. The number of aliphatic hydroxyl groups excluding tert-OH is 2. The third-order valence-corrected chi connectivity index (χ3v) is 18.8. The number of hydrogen-bond donors (Lipinski definition) is 3. The van der Waals surface area contributed by atoms with Crippen LogP contribution in [0.5, 0.6) is 0 Å². The highest BCUT2D eigenvalue weighted by Crippen LogP contribution is 2.19. The molecule has 0 heterocycles. The van der Waals surface area contributed by atoms with E-state index in [4.69, 9.17) is 4.74 Å². The molecule has 0 aliphatic rings. The van der Waals surface area contributed by atoms with E-state index in [0.29, 0.717) is 19.4 Å². The van der Waals surface area contributed by atoms with E-state index >= 15 is 0 Å². The van der Waals surface area contributed by atoms with Crippen molar-refractivity contribution in [2.45, 2.75) is 456 Å². The van der Waals surface area contributed by atoms with Crippen LogP contribution in [0.4, 0.5) is 0 Å². The number of unbranched alkanes of at least 4 members (excludes halogenated alkanes) is 59. The van der Waals surface area contributed by atoms with Crippen LogP contribution >= 0.6 is 0 Å². The van der Waals surface area contributed by atoms with Gasteiger partial charge in [-0.15, -0.1) is 0 Å². The molecule has 0 aromatic heterocycles. The first-order chi connectivity index (χ1) is 44.0. The highest BCUT2D eigenvalue weighted by molar-refractivity contribution is 5.76. The summed E-state index contributed by atoms with van der Waals surface area (Å²) in [4.78, 5) is 24.7. The van der Waals surface area contributed by atoms with E-state index in [-0.39, 0.29) is 18.5 Å². The molecular weight excluding hydrogens is 1090 g/mol. The normalized spacial score (nSPS) is 12.7. The Morgan fingerprint density at radius 2 is 0.562 bits per heavy atom. The third kappa shape index (κ3) is 74.7. The van der Waals surface area contributed by atoms with Crippen molar-refractivity contribution in [3.05, 3.63) is 48.6 Å². The molecule has 1 amide bonds. The van der Waals surface area contributed by atoms with Crippen molar-refractivity contribution in [3.63, 3.8) is 0 Å². The van der Waals surface area contributed by atoms with Gasteiger partial charge in [-0.1, -0.05) is 390 Å². The van der Waals surface area contributed by atoms with Crippen LogP contribution in [0, 0.1) is 0 Å². The summed E-state index contributed by atoms with van der Waals surface area (Å²) in [6.07, 6.45) is 104. The molecule has 0 spiro atoms. The van der Waals surface area contributed by atoms with Crippen molar-refractivity contribution in [1.29, 1.82) is 0 Å². The summed E-state index contributed by atoms with van der Waals surface area (Å²) in [5, 5.41) is 23.3. The van der Waals surface area contributed by atoms with Crippen molar-refractivity contribution in [2.24, 2.45) is 0 Å². The standard InChI is InChI=1S/C83H157NO5/c1-3-5-7-9-11-13-15-17-19-21-23-24-25-31-34-37-40-43-47-51-55-59-63-67-71-75-81(86)80(79-85)84-82(87)76-72-68-64-60-56-52-48-44-41-38-35-32-29-27-26-28-30-33-36-39-42-46-50-54-58-62-66-70-74-78-89-83(88)77-73-69-65-61-57-53-49-45-22-20-18-16-14-12-10-8-6-4-2/h14,16,20,22,26,28,71,75,80-81,85-86H,3-13,15,17-19,21,23-25,27,29-70,72-74,76-79H2,1-2H3,(H,84,87)/b16-14-,22-20-,28-26-,75-71+. The van der Waals surface area contributed by atoms with Crippen molar-refractivity contribution < 1.29 is 24.5 Å². The first-order valence-corrected chi connectivity index (χ1v) is 40.4. The minimum absolute atomic E-state index is 0.00945. The molecule has 6 nitrogen and oxygen atoms in total. The Bertz CT molecular complexity index is 1490. The molecular formula is C83H157NO5. The van der Waals surface area contributed by atoms with E-state index in [0.717, 1.165) is 51.4 Å². The van der Waals surface area contributed by atoms with Gasteiger partial charge >= 0.3 is 5.97 Å². The zero-order valence-electron chi connectivity index (χ0n) is 60.2. The Labute approximate surface area is 556 Å². The molecule has 2 unspecified atom stereocenters. The van der Waals surface area contributed by atoms with Crippen LogP contribution in [0.2, 0.25) is 0 Å². The van der Waals surface area contributed by atoms with Crippen molar-refractivity contribution >= 4 is 11.9 Å². The summed E-state index contributed by atoms with van der Waals surface area (Å²) in [5.41, 5.74) is 0. The van der Waals surface area contributed by atoms with Crippen LogP contribution in [0.3, 0.4) is 0 Å². The number of ether oxygens (including phenoxy) is 1. The predicted molar refractivity (Wildman–Crippen MR) is 393 cm³/mol. The van der Waals surface area contributed by atoms with E-state index in [1.807, 2.05) is 6.08 Å². The number of allylic oxidation sites excluding steroid dienone is 7. The second-order valence-electron chi connectivity index (χ2n) is 27.7. The minimum atomic E-state index is -0.846. The second-order valence-corrected chi connectivity index (χ2v) is 27.7. The van der Waals surface area contributed by atoms with Gasteiger partial charge in [-0.2, -0.15) is 0 Å². The zero-order chi connectivity index (χ0) is 64.2. The van der Waals surface area contributed by atoms with Gasteiger partial charge in [0.15, 0.2) is 0 Å². The van der Waals surface area contributed by atoms with Crippen molar-refractivity contribution in [1.82, 2.24) is 5.32 Å². The SMILES string of the molecule is CCCCCC/C=C\C/C=C\CCCCCCCCCC(=O)OCCCCCCCCCCCCCC/C=C\CCCCCCCCCCCCCCCC(=O)NC(CO)C(O)/C=C/CCCCCCCCCCCCCCCCCCCCCCCCC. The molecule has 6 heteroatoms. The zero-order valence-corrected chi connectivity index (χ0v) is 60.2. The lowest BCUT2D eigenvalue weighted by atomic mass is 10.0. The second kappa shape index (κ2) is 78.3. The summed E-state index contributed by atoms with van der Waals surface area (Å²) in [7, 11) is 0. The topological polar surface area (TPSA) is 95.9 Å². The number of esters is 1. The van der Waals surface area contributed by atoms with Gasteiger partial charge in [0.2, 0.25) is 5.91 Å². The Morgan fingerprint density at radius 3 is 0.876 bits per heavy atom. The lowest BCUT2D eigenvalue weighted by Crippen LogP contribution is -2.45. The van der Waals surface area contributed by atoms with Gasteiger partial charge in [-0.3, -0.25) is 9.59 Å². The molecule has 0 aliphatic heterocycles. The monoisotopic (exact) mass is 1250 g/mol. The van der Waals surface area contributed by atoms with E-state index in [1.165, 1.54) is 366 Å². The van der Waals surface area contributed by atoms with E-state index < -0.39 is 12.1 Å². The fourth-order valence-corrected chi connectivity index (χ4v) is 12.7. The summed E-state index contributed by atoms with van der Waals surface area (Å²) in [6, 6.07) is -0.630. The van der Waals surface area contributed by atoms with Crippen LogP contribution in [0.15, 0.2) is 48.6 Å². The number of aliphatic hydroxyl groups is 2. The highest BCUT2D eigenvalue weighted by Gasteiger charge is 2.18. The smallest absolute Gasteiger partial charge is 0.305 e. The maximum Gasteiger partial charge on any atom is 0.305 e. The number of nitrogens with one attached hydrogen (secondary N) is 1. The molecule has 0 bridgehead atoms. The number of hydrogen-bond acceptors (Lipinski definition) is 5. The maximum atomic E-state index is 12.6. The number of carbonyl (C=O) groups excluding carboxylic acids is 2. The maximum absolute atomic E-state index is 12.6. The van der Waals surface area contributed by atoms with Crippen LogP contribution < -0.4 is 5.32 Å². The lowest BCUT2D eigenvalue weighted by molar-refractivity contribution is -0.143. The average Bonchev–Trinajstić information content (AvgIpc) is 3.63. The summed E-state index contributed by atoms with van der Waals surface area (Å²) in [6.45, 7) is 4.93. The highest BCUT2D eigenvalue weighted by atomic mass is 16.5. The van der Waals surface area contributed by atoms with Gasteiger partial charge in [-0.05, 0) is 89.9 Å². The number of carbonyl (C=O) groups is 2. The van der Waals surface area contributed by atoms with Gasteiger partial charge < -0.3 is 20.3 Å². The first kappa shape index (κ1) is 86.8. The van der Waals surface area contributed by atoms with Crippen LogP contribution in [-0.4, -0.2) is 47.4 Å². The first-order valence-electron chi connectivity index (χ1n) is 40.4. The molecule has 0 aromatic carbocycles. The molecule has 0 rings (SSSR count). The average molecular weight is 1250 g/mol. The van der Waals surface area contributed by atoms with E-state index in [9.17, 15) is 19.8 Å². The molecule has 3 N–H and O–H groups in total. The van der Waals surface area contributed by atoms with Crippen LogP contribution in [-0.2, 0) is 14.3 Å². The Kier molecular flexibility index (Phi) is 76.3. The summed E-state index contributed by atoms with van der Waals surface area (Å²) < 4.78 is 5.51. The fourth-order valence-electron chi connectivity index (χ4n) is 12.7. The van der Waals surface area contributed by atoms with E-state index in [1.54, 1.807) is 6.08 Å². The third-order valence-electron chi connectivity index (χ3n) is 18.8. The van der Waals surface area contributed by atoms with Crippen molar-refractivity contribution in [2.75, 3.05) is 13.2 Å². The van der Waals surface area contributed by atoms with E-state index in [2.05, 4.69) is 55.6 Å². The predicted octanol–water partition coefficient (Wildman–Crippen LogP) is 26.8. The quantitative estimate of drug-likeness (QED) is 0.0320. The molecule has 0 saturated carbocycles. The van der Waals surface area contributed by atoms with Gasteiger partial charge in [0, 0.05) is 12.8 Å². The molecule has 0 aliphatic carbocycles. The Hall–Kier alpha value is -2.18. The largest absolute Gasteiger partial charge is 0.466 e.